The van der Waals surface area contributed by atoms with Crippen molar-refractivity contribution in [3.8, 4) is 5.75 Å². The van der Waals surface area contributed by atoms with Crippen molar-refractivity contribution in [2.45, 2.75) is 12.5 Å². The predicted octanol–water partition coefficient (Wildman–Crippen LogP) is 1.76. The summed E-state index contributed by atoms with van der Waals surface area (Å²) in [5.41, 5.74) is 7.48. The van der Waals surface area contributed by atoms with Gasteiger partial charge in [-0.15, -0.1) is 0 Å². The van der Waals surface area contributed by atoms with Crippen LogP contribution < -0.4 is 15.4 Å². The summed E-state index contributed by atoms with van der Waals surface area (Å²) >= 11 is 0. The zero-order valence-corrected chi connectivity index (χ0v) is 11.6. The van der Waals surface area contributed by atoms with Gasteiger partial charge in [0.25, 0.3) is 0 Å². The molecule has 2 N–H and O–H groups in total. The lowest BCUT2D eigenvalue weighted by Gasteiger charge is -2.22. The van der Waals surface area contributed by atoms with Crippen LogP contribution in [-0.2, 0) is 0 Å². The van der Waals surface area contributed by atoms with E-state index in [1.807, 2.05) is 18.2 Å². The van der Waals surface area contributed by atoms with Crippen molar-refractivity contribution in [3.63, 3.8) is 0 Å². The Bertz CT molecular complexity index is 425. The van der Waals surface area contributed by atoms with Gasteiger partial charge in [-0.3, -0.25) is 0 Å². The van der Waals surface area contributed by atoms with E-state index in [1.54, 1.807) is 0 Å². The smallest absolute Gasteiger partial charge is 0.144 e. The molecule has 1 aromatic rings. The Balaban J connectivity index is 2.08. The van der Waals surface area contributed by atoms with Gasteiger partial charge in [-0.25, -0.2) is 4.39 Å². The number of ether oxygens (including phenoxy) is 1. The third-order valence-electron chi connectivity index (χ3n) is 3.59. The summed E-state index contributed by atoms with van der Waals surface area (Å²) in [7, 11) is 4.21. The number of nitrogens with two attached hydrogens (primary N) is 1. The number of hydrogen-bond acceptors (Lipinski definition) is 4. The highest BCUT2D eigenvalue weighted by Gasteiger charge is 2.24. The van der Waals surface area contributed by atoms with Gasteiger partial charge in [-0.1, -0.05) is 0 Å². The molecule has 106 valence electrons. The van der Waals surface area contributed by atoms with E-state index >= 15 is 0 Å². The van der Waals surface area contributed by atoms with Crippen molar-refractivity contribution < 1.29 is 9.13 Å². The zero-order valence-electron chi connectivity index (χ0n) is 11.6. The fourth-order valence-corrected chi connectivity index (χ4v) is 2.39. The first kappa shape index (κ1) is 13.9. The molecule has 0 bridgehead atoms. The van der Waals surface area contributed by atoms with Crippen LogP contribution >= 0.6 is 0 Å². The van der Waals surface area contributed by atoms with Gasteiger partial charge in [-0.05, 0) is 32.6 Å². The maximum Gasteiger partial charge on any atom is 0.144 e. The van der Waals surface area contributed by atoms with Crippen LogP contribution in [0.25, 0.3) is 0 Å². The molecular formula is C14H22FN3O. The first-order chi connectivity index (χ1) is 9.11. The van der Waals surface area contributed by atoms with E-state index in [9.17, 15) is 4.39 Å². The zero-order chi connectivity index (χ0) is 13.8. The highest BCUT2D eigenvalue weighted by Crippen LogP contribution is 2.30. The third-order valence-corrected chi connectivity index (χ3v) is 3.59. The number of alkyl halides is 1. The summed E-state index contributed by atoms with van der Waals surface area (Å²) in [4.78, 5) is 4.56. The van der Waals surface area contributed by atoms with Gasteiger partial charge >= 0.3 is 0 Å². The number of hydrogen-bond donors (Lipinski definition) is 1. The summed E-state index contributed by atoms with van der Waals surface area (Å²) in [6, 6.07) is 6.30. The van der Waals surface area contributed by atoms with Gasteiger partial charge in [0.1, 0.15) is 19.0 Å². The van der Waals surface area contributed by atoms with E-state index in [-0.39, 0.29) is 6.61 Å². The number of benzene rings is 1. The highest BCUT2D eigenvalue weighted by molar-refractivity contribution is 5.62. The summed E-state index contributed by atoms with van der Waals surface area (Å²) in [5, 5.41) is 0. The number of halogens is 1. The summed E-state index contributed by atoms with van der Waals surface area (Å²) in [6.45, 7) is 1.57. The number of likely N-dealkylation sites (N-methyl/N-ethyl adjacent to an activating group) is 1. The maximum absolute atomic E-state index is 12.2. The topological polar surface area (TPSA) is 41.7 Å². The predicted molar refractivity (Wildman–Crippen MR) is 76.6 cm³/mol. The number of rotatable bonds is 5. The van der Waals surface area contributed by atoms with E-state index < -0.39 is 6.67 Å². The first-order valence-corrected chi connectivity index (χ1v) is 6.61. The molecule has 1 aromatic carbocycles. The third kappa shape index (κ3) is 3.29. The van der Waals surface area contributed by atoms with Crippen LogP contribution in [0.1, 0.15) is 6.42 Å². The molecule has 1 saturated heterocycles. The van der Waals surface area contributed by atoms with Crippen LogP contribution in [0.2, 0.25) is 0 Å². The summed E-state index contributed by atoms with van der Waals surface area (Å²) < 4.78 is 17.5. The molecule has 0 amide bonds. The minimum Gasteiger partial charge on any atom is -0.489 e. The molecule has 1 aliphatic heterocycles. The molecule has 1 heterocycles. The number of anilines is 2. The molecule has 0 aromatic heterocycles. The lowest BCUT2D eigenvalue weighted by atomic mass is 10.2. The molecule has 5 heteroatoms. The van der Waals surface area contributed by atoms with Crippen LogP contribution in [0.4, 0.5) is 15.8 Å². The number of nitrogens with zero attached hydrogens (tertiary/aromatic N) is 2. The van der Waals surface area contributed by atoms with Crippen molar-refractivity contribution in [1.82, 2.24) is 4.90 Å². The van der Waals surface area contributed by atoms with Gasteiger partial charge in [0.2, 0.25) is 0 Å². The Kier molecular flexibility index (Phi) is 4.47. The lowest BCUT2D eigenvalue weighted by molar-refractivity contribution is 0.274. The lowest BCUT2D eigenvalue weighted by Crippen LogP contribution is -2.31. The standard InChI is InChI=1S/C14H22FN3O/c1-17(2)12-5-7-18(10-12)11-3-4-13(16)14(9-11)19-8-6-15/h3-4,9,12H,5-8,10,16H2,1-2H3. The van der Waals surface area contributed by atoms with E-state index in [1.165, 1.54) is 0 Å². The van der Waals surface area contributed by atoms with Gasteiger partial charge in [-0.2, -0.15) is 0 Å². The highest BCUT2D eigenvalue weighted by atomic mass is 19.1. The van der Waals surface area contributed by atoms with Gasteiger partial charge < -0.3 is 20.3 Å². The SMILES string of the molecule is CN(C)C1CCN(c2ccc(N)c(OCCF)c2)C1. The van der Waals surface area contributed by atoms with Crippen LogP contribution in [0.15, 0.2) is 18.2 Å². The summed E-state index contributed by atoms with van der Waals surface area (Å²) in [6.07, 6.45) is 1.15. The maximum atomic E-state index is 12.2. The Morgan fingerprint density at radius 3 is 2.89 bits per heavy atom. The van der Waals surface area contributed by atoms with Crippen LogP contribution in [-0.4, -0.2) is 51.4 Å². The molecule has 0 aliphatic carbocycles. The quantitative estimate of drug-likeness (QED) is 0.825. The van der Waals surface area contributed by atoms with Crippen LogP contribution in [0.3, 0.4) is 0 Å². The van der Waals surface area contributed by atoms with Crippen molar-refractivity contribution in [3.05, 3.63) is 18.2 Å². The van der Waals surface area contributed by atoms with Crippen LogP contribution in [0.5, 0.6) is 5.75 Å². The van der Waals surface area contributed by atoms with Crippen molar-refractivity contribution in [2.75, 3.05) is 51.1 Å². The van der Waals surface area contributed by atoms with Crippen LogP contribution in [0, 0.1) is 0 Å². The molecule has 1 unspecified atom stereocenters. The minimum absolute atomic E-state index is 0.0496. The largest absolute Gasteiger partial charge is 0.489 e. The van der Waals surface area contributed by atoms with Crippen molar-refractivity contribution in [1.29, 1.82) is 0 Å². The van der Waals surface area contributed by atoms with Gasteiger partial charge in [0.05, 0.1) is 5.69 Å². The van der Waals surface area contributed by atoms with Gasteiger partial charge in [0.15, 0.2) is 0 Å². The normalized spacial score (nSPS) is 19.2. The Hall–Kier alpha value is -1.49. The van der Waals surface area contributed by atoms with E-state index in [4.69, 9.17) is 10.5 Å². The molecule has 0 radical (unpaired) electrons. The molecule has 2 rings (SSSR count). The second kappa shape index (κ2) is 6.10. The first-order valence-electron chi connectivity index (χ1n) is 6.61. The molecule has 4 nitrogen and oxygen atoms in total. The Morgan fingerprint density at radius 2 is 2.26 bits per heavy atom. The fraction of sp³-hybridized carbons (Fsp3) is 0.571. The molecule has 0 spiro atoms. The van der Waals surface area contributed by atoms with Crippen molar-refractivity contribution in [2.24, 2.45) is 0 Å². The Morgan fingerprint density at radius 1 is 1.47 bits per heavy atom. The average Bonchev–Trinajstić information content (AvgIpc) is 2.87. The summed E-state index contributed by atoms with van der Waals surface area (Å²) in [5.74, 6) is 0.573. The van der Waals surface area contributed by atoms with Gasteiger partial charge in [0, 0.05) is 30.9 Å². The molecule has 1 atom stereocenters. The number of nitrogen functional groups attached to an aromatic ring is 1. The molecule has 0 saturated carbocycles. The molecular weight excluding hydrogens is 245 g/mol. The van der Waals surface area contributed by atoms with E-state index in [0.717, 1.165) is 25.2 Å². The monoisotopic (exact) mass is 267 g/mol. The molecule has 19 heavy (non-hydrogen) atoms. The Labute approximate surface area is 113 Å². The molecule has 1 fully saturated rings. The minimum atomic E-state index is -0.504. The fourth-order valence-electron chi connectivity index (χ4n) is 2.39. The van der Waals surface area contributed by atoms with E-state index in [2.05, 4.69) is 23.9 Å². The second-order valence-electron chi connectivity index (χ2n) is 5.11. The molecule has 1 aliphatic rings. The van der Waals surface area contributed by atoms with E-state index in [0.29, 0.717) is 17.5 Å². The second-order valence-corrected chi connectivity index (χ2v) is 5.11. The average molecular weight is 267 g/mol. The van der Waals surface area contributed by atoms with Crippen molar-refractivity contribution >= 4 is 11.4 Å².